The summed E-state index contributed by atoms with van der Waals surface area (Å²) >= 11 is 0. The fourth-order valence-electron chi connectivity index (χ4n) is 2.19. The van der Waals surface area contributed by atoms with Gasteiger partial charge in [0.15, 0.2) is 0 Å². The molecule has 0 aliphatic carbocycles. The van der Waals surface area contributed by atoms with Crippen LogP contribution in [0.2, 0.25) is 0 Å². The second kappa shape index (κ2) is 8.14. The van der Waals surface area contributed by atoms with Crippen molar-refractivity contribution in [3.63, 3.8) is 0 Å². The summed E-state index contributed by atoms with van der Waals surface area (Å²) in [6.07, 6.45) is 0. The highest BCUT2D eigenvalue weighted by atomic mass is 16.2. The van der Waals surface area contributed by atoms with Crippen molar-refractivity contribution in [2.75, 3.05) is 32.7 Å². The molecular formula is C17H37N3O. The van der Waals surface area contributed by atoms with Gasteiger partial charge in [-0.25, -0.2) is 0 Å². The van der Waals surface area contributed by atoms with Crippen molar-refractivity contribution in [2.24, 2.45) is 17.1 Å². The Labute approximate surface area is 132 Å². The number of carbonyl (C=O) groups is 1. The van der Waals surface area contributed by atoms with Crippen LogP contribution in [0.1, 0.15) is 55.4 Å². The first kappa shape index (κ1) is 20.4. The lowest BCUT2D eigenvalue weighted by molar-refractivity contribution is -0.144. The molecule has 0 aromatic rings. The van der Waals surface area contributed by atoms with Crippen LogP contribution in [0.4, 0.5) is 0 Å². The molecular weight excluding hydrogens is 262 g/mol. The highest BCUT2D eigenvalue weighted by Crippen LogP contribution is 2.30. The number of amides is 1. The zero-order chi connectivity index (χ0) is 16.8. The lowest BCUT2D eigenvalue weighted by Gasteiger charge is -2.41. The second-order valence-electron chi connectivity index (χ2n) is 7.52. The molecule has 0 aromatic carbocycles. The number of hydrogen-bond acceptors (Lipinski definition) is 3. The van der Waals surface area contributed by atoms with Crippen molar-refractivity contribution in [1.82, 2.24) is 9.80 Å². The van der Waals surface area contributed by atoms with E-state index >= 15 is 0 Å². The topological polar surface area (TPSA) is 49.6 Å². The van der Waals surface area contributed by atoms with Crippen molar-refractivity contribution in [2.45, 2.75) is 60.9 Å². The van der Waals surface area contributed by atoms with Crippen LogP contribution in [-0.4, -0.2) is 54.0 Å². The van der Waals surface area contributed by atoms with E-state index in [1.165, 1.54) is 0 Å². The molecule has 0 saturated carbocycles. The first-order valence-electron chi connectivity index (χ1n) is 8.27. The number of nitrogens with zero attached hydrogens (tertiary/aromatic N) is 2. The van der Waals surface area contributed by atoms with Crippen molar-refractivity contribution >= 4 is 5.91 Å². The smallest absolute Gasteiger partial charge is 0.230 e. The maximum Gasteiger partial charge on any atom is 0.230 e. The van der Waals surface area contributed by atoms with Crippen LogP contribution in [0.25, 0.3) is 0 Å². The van der Waals surface area contributed by atoms with Gasteiger partial charge in [0.05, 0.1) is 5.41 Å². The molecule has 2 N–H and O–H groups in total. The minimum atomic E-state index is -0.564. The fraction of sp³-hybridized carbons (Fsp3) is 0.941. The molecule has 4 heteroatoms. The van der Waals surface area contributed by atoms with Crippen LogP contribution in [0.5, 0.6) is 0 Å². The van der Waals surface area contributed by atoms with Crippen LogP contribution in [0.3, 0.4) is 0 Å². The molecule has 0 fully saturated rings. The van der Waals surface area contributed by atoms with E-state index in [1.54, 1.807) is 0 Å². The van der Waals surface area contributed by atoms with E-state index in [1.807, 2.05) is 32.6 Å². The maximum atomic E-state index is 13.0. The molecule has 0 spiro atoms. The molecule has 0 aromatic heterocycles. The molecule has 0 aliphatic rings. The lowest BCUT2D eigenvalue weighted by Crippen LogP contribution is -2.57. The zero-order valence-electron chi connectivity index (χ0n) is 15.5. The minimum Gasteiger partial charge on any atom is -0.341 e. The number of rotatable bonds is 9. The minimum absolute atomic E-state index is 0.163. The van der Waals surface area contributed by atoms with E-state index in [0.717, 1.165) is 32.7 Å². The average molecular weight is 300 g/mol. The van der Waals surface area contributed by atoms with Gasteiger partial charge in [-0.3, -0.25) is 4.79 Å². The van der Waals surface area contributed by atoms with Gasteiger partial charge in [0.1, 0.15) is 0 Å². The molecule has 4 nitrogen and oxygen atoms in total. The van der Waals surface area contributed by atoms with E-state index < -0.39 is 11.0 Å². The summed E-state index contributed by atoms with van der Waals surface area (Å²) < 4.78 is 0. The van der Waals surface area contributed by atoms with E-state index in [9.17, 15) is 4.79 Å². The van der Waals surface area contributed by atoms with Crippen molar-refractivity contribution in [3.8, 4) is 0 Å². The van der Waals surface area contributed by atoms with E-state index in [2.05, 4.69) is 32.6 Å². The standard InChI is InChI=1S/C17H37N3O/c1-9-19(10-2)11-12-20(13-14(3)4)15(21)16(5,6)17(7,8)18/h14H,9-13,18H2,1-8H3. The quantitative estimate of drug-likeness (QED) is 0.712. The Morgan fingerprint density at radius 3 is 1.86 bits per heavy atom. The molecule has 0 unspecified atom stereocenters. The van der Waals surface area contributed by atoms with Gasteiger partial charge in [-0.15, -0.1) is 0 Å². The van der Waals surface area contributed by atoms with Gasteiger partial charge in [-0.2, -0.15) is 0 Å². The summed E-state index contributed by atoms with van der Waals surface area (Å²) in [5.74, 6) is 0.623. The van der Waals surface area contributed by atoms with Crippen LogP contribution in [0.15, 0.2) is 0 Å². The molecule has 1 amide bonds. The normalized spacial score (nSPS) is 13.1. The predicted molar refractivity (Wildman–Crippen MR) is 91.3 cm³/mol. The van der Waals surface area contributed by atoms with Gasteiger partial charge in [0, 0.05) is 25.2 Å². The Hall–Kier alpha value is -0.610. The molecule has 0 saturated heterocycles. The van der Waals surface area contributed by atoms with E-state index in [-0.39, 0.29) is 5.91 Å². The van der Waals surface area contributed by atoms with Gasteiger partial charge in [-0.05, 0) is 46.7 Å². The van der Waals surface area contributed by atoms with Gasteiger partial charge < -0.3 is 15.5 Å². The molecule has 0 atom stereocenters. The molecule has 126 valence electrons. The highest BCUT2D eigenvalue weighted by molar-refractivity contribution is 5.83. The van der Waals surface area contributed by atoms with Crippen LogP contribution in [-0.2, 0) is 4.79 Å². The highest BCUT2D eigenvalue weighted by Gasteiger charge is 2.42. The largest absolute Gasteiger partial charge is 0.341 e. The molecule has 0 rings (SSSR count). The summed E-state index contributed by atoms with van der Waals surface area (Å²) in [5.41, 5.74) is 5.14. The molecule has 0 radical (unpaired) electrons. The van der Waals surface area contributed by atoms with Crippen LogP contribution < -0.4 is 5.73 Å². The number of likely N-dealkylation sites (N-methyl/N-ethyl adjacent to an activating group) is 1. The number of carbonyl (C=O) groups excluding carboxylic acids is 1. The van der Waals surface area contributed by atoms with Gasteiger partial charge in [0.25, 0.3) is 0 Å². The second-order valence-corrected chi connectivity index (χ2v) is 7.52. The number of nitrogens with two attached hydrogens (primary N) is 1. The molecule has 0 heterocycles. The summed E-state index contributed by atoms with van der Waals surface area (Å²) in [7, 11) is 0. The van der Waals surface area contributed by atoms with Gasteiger partial charge >= 0.3 is 0 Å². The Kier molecular flexibility index (Phi) is 7.90. The zero-order valence-corrected chi connectivity index (χ0v) is 15.5. The number of hydrogen-bond donors (Lipinski definition) is 1. The van der Waals surface area contributed by atoms with Crippen LogP contribution in [0, 0.1) is 11.3 Å². The Morgan fingerprint density at radius 1 is 1.05 bits per heavy atom. The van der Waals surface area contributed by atoms with E-state index in [0.29, 0.717) is 5.92 Å². The molecule has 21 heavy (non-hydrogen) atoms. The van der Waals surface area contributed by atoms with Crippen molar-refractivity contribution < 1.29 is 4.79 Å². The Morgan fingerprint density at radius 2 is 1.52 bits per heavy atom. The van der Waals surface area contributed by atoms with Crippen molar-refractivity contribution in [3.05, 3.63) is 0 Å². The SMILES string of the molecule is CCN(CC)CCN(CC(C)C)C(=O)C(C)(C)C(C)(C)N. The van der Waals surface area contributed by atoms with Crippen molar-refractivity contribution in [1.29, 1.82) is 0 Å². The monoisotopic (exact) mass is 299 g/mol. The lowest BCUT2D eigenvalue weighted by atomic mass is 9.74. The van der Waals surface area contributed by atoms with E-state index in [4.69, 9.17) is 5.73 Å². The Bertz CT molecular complexity index is 314. The first-order chi connectivity index (χ1) is 9.47. The third kappa shape index (κ3) is 5.95. The summed E-state index contributed by atoms with van der Waals surface area (Å²) in [6, 6.07) is 0. The summed E-state index contributed by atoms with van der Waals surface area (Å²) in [6.45, 7) is 20.9. The molecule has 0 bridgehead atoms. The Balaban J connectivity index is 5.02. The first-order valence-corrected chi connectivity index (χ1v) is 8.27. The third-order valence-electron chi connectivity index (χ3n) is 4.60. The van der Waals surface area contributed by atoms with Gasteiger partial charge in [0.2, 0.25) is 5.91 Å². The van der Waals surface area contributed by atoms with Crippen LogP contribution >= 0.6 is 0 Å². The summed E-state index contributed by atoms with van der Waals surface area (Å²) in [4.78, 5) is 17.3. The maximum absolute atomic E-state index is 13.0. The van der Waals surface area contributed by atoms with Gasteiger partial charge in [-0.1, -0.05) is 27.7 Å². The third-order valence-corrected chi connectivity index (χ3v) is 4.60. The fourth-order valence-corrected chi connectivity index (χ4v) is 2.19. The average Bonchev–Trinajstić information content (AvgIpc) is 2.35. The molecule has 0 aliphatic heterocycles. The predicted octanol–water partition coefficient (Wildman–Crippen LogP) is 2.58. The summed E-state index contributed by atoms with van der Waals surface area (Å²) in [5, 5.41) is 0.